The summed E-state index contributed by atoms with van der Waals surface area (Å²) >= 11 is 0. The number of ether oxygens (including phenoxy) is 1. The quantitative estimate of drug-likeness (QED) is 0.688. The maximum absolute atomic E-state index is 8.76. The monoisotopic (exact) mass is 187 g/mol. The summed E-state index contributed by atoms with van der Waals surface area (Å²) in [4.78, 5) is 2.32. The normalized spacial score (nSPS) is 20.8. The molecule has 1 N–H and O–H groups in total. The van der Waals surface area contributed by atoms with Gasteiger partial charge in [0.1, 0.15) is 0 Å². The summed E-state index contributed by atoms with van der Waals surface area (Å²) in [6.07, 6.45) is 2.44. The first-order valence-electron chi connectivity index (χ1n) is 5.27. The third-order valence-corrected chi connectivity index (χ3v) is 2.68. The van der Waals surface area contributed by atoms with Crippen molar-refractivity contribution >= 4 is 0 Å². The molecule has 0 aromatic rings. The van der Waals surface area contributed by atoms with Crippen molar-refractivity contribution in [2.45, 2.75) is 19.8 Å². The summed E-state index contributed by atoms with van der Waals surface area (Å²) in [6.45, 7) is 7.16. The van der Waals surface area contributed by atoms with E-state index in [4.69, 9.17) is 9.84 Å². The fraction of sp³-hybridized carbons (Fsp3) is 1.00. The number of aliphatic hydroxyl groups excluding tert-OH is 1. The summed E-state index contributed by atoms with van der Waals surface area (Å²) in [5.74, 6) is 0.745. The maximum atomic E-state index is 8.76. The number of rotatable bonds is 5. The molecule has 0 aromatic heterocycles. The predicted molar refractivity (Wildman–Crippen MR) is 52.7 cm³/mol. The molecule has 0 saturated carbocycles. The lowest BCUT2D eigenvalue weighted by molar-refractivity contribution is 0.0691. The highest BCUT2D eigenvalue weighted by Gasteiger charge is 2.18. The van der Waals surface area contributed by atoms with Crippen molar-refractivity contribution in [1.29, 1.82) is 0 Å². The Morgan fingerprint density at radius 1 is 1.38 bits per heavy atom. The molecule has 1 saturated heterocycles. The van der Waals surface area contributed by atoms with E-state index in [9.17, 15) is 0 Å². The van der Waals surface area contributed by atoms with Crippen molar-refractivity contribution in [3.8, 4) is 0 Å². The highest BCUT2D eigenvalue weighted by atomic mass is 16.5. The lowest BCUT2D eigenvalue weighted by Gasteiger charge is -2.31. The van der Waals surface area contributed by atoms with Gasteiger partial charge in [-0.1, -0.05) is 0 Å². The van der Waals surface area contributed by atoms with E-state index in [0.29, 0.717) is 0 Å². The summed E-state index contributed by atoms with van der Waals surface area (Å²) in [5, 5.41) is 8.76. The van der Waals surface area contributed by atoms with Gasteiger partial charge in [0.25, 0.3) is 0 Å². The Morgan fingerprint density at radius 3 is 2.62 bits per heavy atom. The van der Waals surface area contributed by atoms with E-state index >= 15 is 0 Å². The van der Waals surface area contributed by atoms with Gasteiger partial charge in [0.05, 0.1) is 6.61 Å². The third kappa shape index (κ3) is 4.07. The molecular formula is C10H21NO2. The number of hydrogen-bond donors (Lipinski definition) is 1. The zero-order chi connectivity index (χ0) is 9.52. The second kappa shape index (κ2) is 6.35. The molecule has 0 radical (unpaired) electrons. The van der Waals surface area contributed by atoms with Crippen LogP contribution in [0.1, 0.15) is 19.8 Å². The molecule has 0 aromatic carbocycles. The van der Waals surface area contributed by atoms with Gasteiger partial charge in [0.2, 0.25) is 0 Å². The van der Waals surface area contributed by atoms with Crippen LogP contribution < -0.4 is 0 Å². The molecule has 1 fully saturated rings. The third-order valence-electron chi connectivity index (χ3n) is 2.68. The van der Waals surface area contributed by atoms with Crippen LogP contribution in [0.15, 0.2) is 0 Å². The Labute approximate surface area is 80.7 Å². The predicted octanol–water partition coefficient (Wildman–Crippen LogP) is 0.727. The first-order valence-corrected chi connectivity index (χ1v) is 5.27. The fourth-order valence-corrected chi connectivity index (χ4v) is 1.80. The van der Waals surface area contributed by atoms with Crippen molar-refractivity contribution in [3.63, 3.8) is 0 Å². The van der Waals surface area contributed by atoms with Gasteiger partial charge in [0, 0.05) is 19.8 Å². The number of piperidine rings is 1. The van der Waals surface area contributed by atoms with Gasteiger partial charge in [-0.25, -0.2) is 0 Å². The molecule has 0 amide bonds. The minimum absolute atomic E-state index is 0.288. The van der Waals surface area contributed by atoms with Crippen LogP contribution in [0.2, 0.25) is 0 Å². The molecule has 3 nitrogen and oxygen atoms in total. The number of hydrogen-bond acceptors (Lipinski definition) is 3. The van der Waals surface area contributed by atoms with Crippen LogP contribution in [-0.2, 0) is 4.74 Å². The standard InChI is InChI=1S/C10H21NO2/c1-2-13-9-10-3-5-11(6-4-10)7-8-12/h10,12H,2-9H2,1H3. The molecule has 3 heteroatoms. The average Bonchev–Trinajstić information content (AvgIpc) is 2.17. The molecule has 1 rings (SSSR count). The molecule has 0 bridgehead atoms. The molecule has 1 heterocycles. The molecular weight excluding hydrogens is 166 g/mol. The van der Waals surface area contributed by atoms with Crippen LogP contribution >= 0.6 is 0 Å². The molecule has 13 heavy (non-hydrogen) atoms. The maximum Gasteiger partial charge on any atom is 0.0558 e. The summed E-state index contributed by atoms with van der Waals surface area (Å²) in [6, 6.07) is 0. The molecule has 78 valence electrons. The van der Waals surface area contributed by atoms with E-state index < -0.39 is 0 Å². The Hall–Kier alpha value is -0.120. The summed E-state index contributed by atoms with van der Waals surface area (Å²) < 4.78 is 5.40. The SMILES string of the molecule is CCOCC1CCN(CCO)CC1. The first-order chi connectivity index (χ1) is 6.36. The van der Waals surface area contributed by atoms with Gasteiger partial charge in [-0.2, -0.15) is 0 Å². The van der Waals surface area contributed by atoms with Crippen LogP contribution in [0.4, 0.5) is 0 Å². The Morgan fingerprint density at radius 2 is 2.08 bits per heavy atom. The van der Waals surface area contributed by atoms with Gasteiger partial charge in [-0.3, -0.25) is 0 Å². The highest BCUT2D eigenvalue weighted by Crippen LogP contribution is 2.16. The number of likely N-dealkylation sites (tertiary alicyclic amines) is 1. The Balaban J connectivity index is 2.08. The van der Waals surface area contributed by atoms with Crippen molar-refractivity contribution in [2.24, 2.45) is 5.92 Å². The van der Waals surface area contributed by atoms with Crippen LogP contribution in [0.25, 0.3) is 0 Å². The van der Waals surface area contributed by atoms with E-state index in [2.05, 4.69) is 4.90 Å². The second-order valence-corrected chi connectivity index (χ2v) is 3.67. The van der Waals surface area contributed by atoms with E-state index in [0.717, 1.165) is 38.8 Å². The summed E-state index contributed by atoms with van der Waals surface area (Å²) in [7, 11) is 0. The van der Waals surface area contributed by atoms with Crippen LogP contribution in [0.3, 0.4) is 0 Å². The van der Waals surface area contributed by atoms with Crippen LogP contribution in [0, 0.1) is 5.92 Å². The first kappa shape index (κ1) is 11.0. The highest BCUT2D eigenvalue weighted by molar-refractivity contribution is 4.71. The molecule has 0 aliphatic carbocycles. The van der Waals surface area contributed by atoms with E-state index in [1.54, 1.807) is 0 Å². The molecule has 0 spiro atoms. The molecule has 1 aliphatic heterocycles. The van der Waals surface area contributed by atoms with Gasteiger partial charge in [-0.05, 0) is 38.8 Å². The number of β-amino-alcohol motifs (C(OH)–C–C–N with tert-alkyl or cyclic N) is 1. The van der Waals surface area contributed by atoms with Gasteiger partial charge < -0.3 is 14.7 Å². The topological polar surface area (TPSA) is 32.7 Å². The van der Waals surface area contributed by atoms with Crippen LogP contribution in [-0.4, -0.2) is 49.5 Å². The fourth-order valence-electron chi connectivity index (χ4n) is 1.80. The Kier molecular flexibility index (Phi) is 5.35. The van der Waals surface area contributed by atoms with Crippen molar-refractivity contribution in [2.75, 3.05) is 39.5 Å². The minimum atomic E-state index is 0.288. The zero-order valence-electron chi connectivity index (χ0n) is 8.54. The average molecular weight is 187 g/mol. The lowest BCUT2D eigenvalue weighted by atomic mass is 9.98. The van der Waals surface area contributed by atoms with E-state index in [1.165, 1.54) is 12.8 Å². The minimum Gasteiger partial charge on any atom is -0.395 e. The van der Waals surface area contributed by atoms with Crippen molar-refractivity contribution < 1.29 is 9.84 Å². The van der Waals surface area contributed by atoms with Gasteiger partial charge in [0.15, 0.2) is 0 Å². The van der Waals surface area contributed by atoms with Gasteiger partial charge in [-0.15, -0.1) is 0 Å². The second-order valence-electron chi connectivity index (χ2n) is 3.67. The molecule has 0 unspecified atom stereocenters. The number of nitrogens with zero attached hydrogens (tertiary/aromatic N) is 1. The van der Waals surface area contributed by atoms with Crippen LogP contribution in [0.5, 0.6) is 0 Å². The zero-order valence-corrected chi connectivity index (χ0v) is 8.54. The number of aliphatic hydroxyl groups is 1. The largest absolute Gasteiger partial charge is 0.395 e. The van der Waals surface area contributed by atoms with Crippen molar-refractivity contribution in [3.05, 3.63) is 0 Å². The molecule has 0 atom stereocenters. The van der Waals surface area contributed by atoms with E-state index in [1.807, 2.05) is 6.92 Å². The smallest absolute Gasteiger partial charge is 0.0558 e. The lowest BCUT2D eigenvalue weighted by Crippen LogP contribution is -2.36. The van der Waals surface area contributed by atoms with Crippen molar-refractivity contribution in [1.82, 2.24) is 4.90 Å². The molecule has 1 aliphatic rings. The van der Waals surface area contributed by atoms with E-state index in [-0.39, 0.29) is 6.61 Å². The summed E-state index contributed by atoms with van der Waals surface area (Å²) in [5.41, 5.74) is 0. The Bertz CT molecular complexity index is 122. The van der Waals surface area contributed by atoms with Gasteiger partial charge >= 0.3 is 0 Å².